The van der Waals surface area contributed by atoms with Crippen LogP contribution in [-0.4, -0.2) is 71.6 Å². The van der Waals surface area contributed by atoms with Gasteiger partial charge in [-0.25, -0.2) is 4.79 Å². The second-order valence-electron chi connectivity index (χ2n) is 6.26. The van der Waals surface area contributed by atoms with Gasteiger partial charge >= 0.3 is 18.1 Å². The van der Waals surface area contributed by atoms with Gasteiger partial charge < -0.3 is 25.0 Å². The molecule has 13 heteroatoms. The van der Waals surface area contributed by atoms with E-state index in [4.69, 9.17) is 24.5 Å². The van der Waals surface area contributed by atoms with Crippen molar-refractivity contribution in [1.29, 1.82) is 0 Å². The number of halogens is 3. The summed E-state index contributed by atoms with van der Waals surface area (Å²) in [6.07, 6.45) is -4.94. The number of carbonyl (C=O) groups is 3. The third kappa shape index (κ3) is 14.2. The van der Waals surface area contributed by atoms with Gasteiger partial charge in [0.05, 0.1) is 19.6 Å². The van der Waals surface area contributed by atoms with Gasteiger partial charge in [0.1, 0.15) is 0 Å². The van der Waals surface area contributed by atoms with Gasteiger partial charge in [-0.15, -0.1) is 0 Å². The van der Waals surface area contributed by atoms with Crippen LogP contribution in [-0.2, 0) is 30.5 Å². The Morgan fingerprint density at radius 3 is 2.12 bits per heavy atom. The fraction of sp³-hybridized carbons (Fsp3) is 0.526. The Hall–Kier alpha value is -1.96. The minimum atomic E-state index is -5.08. The number of alkyl halides is 3. The first kappa shape index (κ1) is 30.0. The number of ether oxygens (including phenoxy) is 2. The normalized spacial score (nSPS) is 12.8. The Morgan fingerprint density at radius 1 is 1.06 bits per heavy atom. The number of nitrogens with one attached hydrogen (secondary N) is 1. The van der Waals surface area contributed by atoms with Crippen LogP contribution < -0.4 is 5.32 Å². The molecule has 3 N–H and O–H groups in total. The van der Waals surface area contributed by atoms with E-state index >= 15 is 0 Å². The molecule has 0 saturated carbocycles. The van der Waals surface area contributed by atoms with Crippen LogP contribution in [0.25, 0.3) is 0 Å². The van der Waals surface area contributed by atoms with E-state index in [9.17, 15) is 22.8 Å². The number of rotatable bonds is 13. The monoisotopic (exact) mass is 501 g/mol. The van der Waals surface area contributed by atoms with Crippen molar-refractivity contribution in [2.24, 2.45) is 0 Å². The van der Waals surface area contributed by atoms with E-state index in [0.29, 0.717) is 24.7 Å². The second-order valence-corrected chi connectivity index (χ2v) is 8.96. The molecule has 0 aliphatic rings. The van der Waals surface area contributed by atoms with E-state index in [-0.39, 0.29) is 18.9 Å². The maximum atomic E-state index is 12.3. The van der Waals surface area contributed by atoms with Crippen molar-refractivity contribution in [3.63, 3.8) is 0 Å². The number of carboxylic acids is 2. The molecular weight excluding hydrogens is 475 g/mol. The van der Waals surface area contributed by atoms with E-state index in [1.165, 1.54) is 28.7 Å². The van der Waals surface area contributed by atoms with Gasteiger partial charge in [-0.1, -0.05) is 51.9 Å². The molecule has 0 saturated heterocycles. The highest BCUT2D eigenvalue weighted by molar-refractivity contribution is 8.76. The quantitative estimate of drug-likeness (QED) is 0.276. The zero-order valence-electron chi connectivity index (χ0n) is 17.5. The smallest absolute Gasteiger partial charge is 0.481 e. The molecule has 0 aliphatic carbocycles. The first-order chi connectivity index (χ1) is 14.9. The molecular formula is C19H26F3NO7S2. The number of hydrogen-bond donors (Lipinski definition) is 3. The van der Waals surface area contributed by atoms with Gasteiger partial charge in [0.2, 0.25) is 0 Å². The highest BCUT2D eigenvalue weighted by Crippen LogP contribution is 2.21. The highest BCUT2D eigenvalue weighted by Gasteiger charge is 2.38. The summed E-state index contributed by atoms with van der Waals surface area (Å²) in [4.78, 5) is 31.6. The predicted octanol–water partition coefficient (Wildman–Crippen LogP) is 3.21. The molecule has 0 heterocycles. The van der Waals surface area contributed by atoms with Crippen LogP contribution in [0.5, 0.6) is 0 Å². The van der Waals surface area contributed by atoms with Gasteiger partial charge in [-0.3, -0.25) is 9.59 Å². The van der Waals surface area contributed by atoms with Gasteiger partial charge in [-0.05, 0) is 12.5 Å². The third-order valence-corrected chi connectivity index (χ3v) is 6.02. The summed E-state index contributed by atoms with van der Waals surface area (Å²) in [6.45, 7) is 2.76. The first-order valence-corrected chi connectivity index (χ1v) is 11.6. The molecule has 8 nitrogen and oxygen atoms in total. The fourth-order valence-electron chi connectivity index (χ4n) is 1.80. The highest BCUT2D eigenvalue weighted by atomic mass is 33.1. The summed E-state index contributed by atoms with van der Waals surface area (Å²) in [5, 5.41) is 18.5. The minimum absolute atomic E-state index is 0.143. The zero-order chi connectivity index (χ0) is 24.6. The molecule has 1 aromatic carbocycles. The summed E-state index contributed by atoms with van der Waals surface area (Å²) >= 11 is 0. The Kier molecular flexibility index (Phi) is 14.8. The predicted molar refractivity (Wildman–Crippen MR) is 115 cm³/mol. The van der Waals surface area contributed by atoms with E-state index in [2.05, 4.69) is 5.32 Å². The van der Waals surface area contributed by atoms with Crippen molar-refractivity contribution in [2.45, 2.75) is 31.7 Å². The molecule has 1 atom stereocenters. The lowest BCUT2D eigenvalue weighted by molar-refractivity contribution is -0.192. The zero-order valence-corrected chi connectivity index (χ0v) is 19.1. The molecule has 0 bridgehead atoms. The first-order valence-electron chi connectivity index (χ1n) is 9.14. The Bertz CT molecular complexity index is 708. The number of carbonyl (C=O) groups excluding carboxylic acids is 1. The Morgan fingerprint density at radius 2 is 1.62 bits per heavy atom. The van der Waals surface area contributed by atoms with E-state index in [1.807, 2.05) is 30.3 Å². The molecule has 1 unspecified atom stereocenters. The number of benzene rings is 1. The third-order valence-electron chi connectivity index (χ3n) is 3.62. The number of carboxylic acid groups (broad SMARTS) is 2. The largest absolute Gasteiger partial charge is 0.490 e. The van der Waals surface area contributed by atoms with Crippen LogP contribution >= 0.6 is 21.6 Å². The van der Waals surface area contributed by atoms with Gasteiger partial charge in [0.25, 0.3) is 5.91 Å². The molecule has 0 fully saturated rings. The summed E-state index contributed by atoms with van der Waals surface area (Å²) < 4.78 is 42.7. The van der Waals surface area contributed by atoms with Crippen molar-refractivity contribution in [3.8, 4) is 0 Å². The summed E-state index contributed by atoms with van der Waals surface area (Å²) in [7, 11) is 4.51. The van der Waals surface area contributed by atoms with Crippen molar-refractivity contribution in [1.82, 2.24) is 5.32 Å². The number of amides is 1. The number of hydrogen-bond acceptors (Lipinski definition) is 7. The van der Waals surface area contributed by atoms with Crippen LogP contribution in [0.4, 0.5) is 13.2 Å². The van der Waals surface area contributed by atoms with Crippen LogP contribution in [0, 0.1) is 0 Å². The molecule has 1 rings (SSSR count). The average Bonchev–Trinajstić information content (AvgIpc) is 2.73. The molecule has 0 spiro atoms. The topological polar surface area (TPSA) is 122 Å². The molecule has 0 aromatic heterocycles. The minimum Gasteiger partial charge on any atom is -0.481 e. The molecule has 1 aromatic rings. The number of methoxy groups -OCH3 is 1. The molecule has 1 amide bonds. The van der Waals surface area contributed by atoms with Gasteiger partial charge in [0.15, 0.2) is 5.60 Å². The molecule has 182 valence electrons. The number of aliphatic carboxylic acids is 2. The van der Waals surface area contributed by atoms with Crippen molar-refractivity contribution >= 4 is 39.4 Å². The molecule has 0 aliphatic heterocycles. The Balaban J connectivity index is 0.00000118. The van der Waals surface area contributed by atoms with Crippen molar-refractivity contribution in [2.75, 3.05) is 31.8 Å². The fourth-order valence-corrected chi connectivity index (χ4v) is 3.68. The standard InChI is InChI=1S/C17H25NO5S2.C2HF3O2/c1-17(22-2,13-23-12-14-6-4-3-5-7-14)16(21)18-9-11-25-24-10-8-15(19)20;3-2(4,5)1(6)7/h3-7H,8-13H2,1-2H3,(H,18,21)(H,19,20);(H,6,7). The van der Waals surface area contributed by atoms with Gasteiger partial charge in [-0.2, -0.15) is 13.2 Å². The van der Waals surface area contributed by atoms with Crippen molar-refractivity contribution in [3.05, 3.63) is 35.9 Å². The lowest BCUT2D eigenvalue weighted by Gasteiger charge is -2.26. The van der Waals surface area contributed by atoms with Crippen LogP contribution in [0.1, 0.15) is 18.9 Å². The van der Waals surface area contributed by atoms with Gasteiger partial charge in [0, 0.05) is 25.2 Å². The van der Waals surface area contributed by atoms with E-state index in [1.54, 1.807) is 6.92 Å². The summed E-state index contributed by atoms with van der Waals surface area (Å²) in [6, 6.07) is 9.74. The van der Waals surface area contributed by atoms with Crippen molar-refractivity contribution < 1.29 is 47.2 Å². The van der Waals surface area contributed by atoms with Crippen LogP contribution in [0.15, 0.2) is 30.3 Å². The lowest BCUT2D eigenvalue weighted by Crippen LogP contribution is -2.49. The summed E-state index contributed by atoms with van der Waals surface area (Å²) in [5.74, 6) is -2.53. The maximum absolute atomic E-state index is 12.3. The van der Waals surface area contributed by atoms with Crippen LogP contribution in [0.2, 0.25) is 0 Å². The Labute approximate surface area is 191 Å². The van der Waals surface area contributed by atoms with E-state index in [0.717, 1.165) is 5.56 Å². The maximum Gasteiger partial charge on any atom is 0.490 e. The lowest BCUT2D eigenvalue weighted by atomic mass is 10.1. The SMILES string of the molecule is COC(C)(COCc1ccccc1)C(=O)NCCSSCCC(=O)O.O=C(O)C(F)(F)F. The molecule has 0 radical (unpaired) electrons. The van der Waals surface area contributed by atoms with Crippen LogP contribution in [0.3, 0.4) is 0 Å². The molecule has 32 heavy (non-hydrogen) atoms. The average molecular weight is 502 g/mol. The van der Waals surface area contributed by atoms with E-state index < -0.39 is 23.7 Å². The summed E-state index contributed by atoms with van der Waals surface area (Å²) in [5.41, 5.74) is -0.00764. The second kappa shape index (κ2) is 15.8.